The second-order valence-corrected chi connectivity index (χ2v) is 4.98. The van der Waals surface area contributed by atoms with Crippen molar-refractivity contribution in [2.24, 2.45) is 0 Å². The number of hydrogen-bond acceptors (Lipinski definition) is 3. The van der Waals surface area contributed by atoms with Gasteiger partial charge in [-0.25, -0.2) is 0 Å². The molecule has 1 aromatic carbocycles. The number of amides is 2. The number of morpholine rings is 1. The number of nitrogens with one attached hydrogen (secondary N) is 3. The fourth-order valence-corrected chi connectivity index (χ4v) is 2.03. The first-order valence-corrected chi connectivity index (χ1v) is 6.79. The largest absolute Gasteiger partial charge is 0.370 e. The Balaban J connectivity index is 1.75. The highest BCUT2D eigenvalue weighted by Crippen LogP contribution is 2.08. The Labute approximate surface area is 122 Å². The van der Waals surface area contributed by atoms with Crippen molar-refractivity contribution < 1.29 is 19.2 Å². The number of quaternary nitrogens is 1. The summed E-state index contributed by atoms with van der Waals surface area (Å²) >= 11 is 5.74. The molecule has 0 atom stereocenters. The van der Waals surface area contributed by atoms with Crippen LogP contribution in [0.25, 0.3) is 0 Å². The molecule has 1 saturated heterocycles. The molecule has 1 aromatic rings. The van der Waals surface area contributed by atoms with Gasteiger partial charge in [-0.15, -0.1) is 0 Å². The van der Waals surface area contributed by atoms with Crippen molar-refractivity contribution in [1.29, 1.82) is 0 Å². The maximum Gasteiger partial charge on any atom is 0.293 e. The van der Waals surface area contributed by atoms with E-state index in [9.17, 15) is 9.59 Å². The number of ether oxygens (including phenoxy) is 1. The molecule has 0 aromatic heterocycles. The molecule has 6 nitrogen and oxygen atoms in total. The van der Waals surface area contributed by atoms with Crippen molar-refractivity contribution >= 4 is 23.4 Å². The van der Waals surface area contributed by atoms with E-state index >= 15 is 0 Å². The van der Waals surface area contributed by atoms with Gasteiger partial charge in [0.15, 0.2) is 6.54 Å². The zero-order valence-corrected chi connectivity index (χ0v) is 11.7. The summed E-state index contributed by atoms with van der Waals surface area (Å²) in [7, 11) is 0. The summed E-state index contributed by atoms with van der Waals surface area (Å²) in [6.45, 7) is 3.26. The molecular weight excluding hydrogens is 282 g/mol. The highest BCUT2D eigenvalue weighted by molar-refractivity contribution is 6.30. The van der Waals surface area contributed by atoms with E-state index in [2.05, 4.69) is 10.9 Å². The van der Waals surface area contributed by atoms with Gasteiger partial charge in [0, 0.05) is 10.6 Å². The van der Waals surface area contributed by atoms with Crippen molar-refractivity contribution in [3.8, 4) is 0 Å². The van der Waals surface area contributed by atoms with Gasteiger partial charge < -0.3 is 9.64 Å². The predicted molar refractivity (Wildman–Crippen MR) is 73.4 cm³/mol. The van der Waals surface area contributed by atoms with Gasteiger partial charge in [-0.2, -0.15) is 0 Å². The molecule has 108 valence electrons. The molecule has 0 unspecified atom stereocenters. The second kappa shape index (κ2) is 7.23. The lowest BCUT2D eigenvalue weighted by Crippen LogP contribution is -3.15. The van der Waals surface area contributed by atoms with Crippen LogP contribution in [-0.4, -0.2) is 44.7 Å². The van der Waals surface area contributed by atoms with E-state index < -0.39 is 0 Å². The SMILES string of the molecule is O=C(C[NH+]1CCOCC1)NNC(=O)c1ccc(Cl)cc1. The smallest absolute Gasteiger partial charge is 0.293 e. The first kappa shape index (κ1) is 14.8. The van der Waals surface area contributed by atoms with Crippen LogP contribution in [-0.2, 0) is 9.53 Å². The van der Waals surface area contributed by atoms with Gasteiger partial charge in [0.25, 0.3) is 11.8 Å². The van der Waals surface area contributed by atoms with Crippen LogP contribution in [0.3, 0.4) is 0 Å². The molecule has 0 aliphatic carbocycles. The fourth-order valence-electron chi connectivity index (χ4n) is 1.91. The average molecular weight is 299 g/mol. The summed E-state index contributed by atoms with van der Waals surface area (Å²) in [4.78, 5) is 24.6. The number of halogens is 1. The summed E-state index contributed by atoms with van der Waals surface area (Å²) in [5, 5.41) is 0.557. The molecule has 0 bridgehead atoms. The first-order valence-electron chi connectivity index (χ1n) is 6.41. The molecule has 1 fully saturated rings. The Bertz CT molecular complexity index is 472. The van der Waals surface area contributed by atoms with Gasteiger partial charge in [-0.1, -0.05) is 11.6 Å². The van der Waals surface area contributed by atoms with Crippen LogP contribution in [0.15, 0.2) is 24.3 Å². The average Bonchev–Trinajstić information content (AvgIpc) is 2.46. The Hall–Kier alpha value is -1.63. The third-order valence-corrected chi connectivity index (χ3v) is 3.28. The zero-order valence-electron chi connectivity index (χ0n) is 10.9. The lowest BCUT2D eigenvalue weighted by molar-refractivity contribution is -0.900. The minimum absolute atomic E-state index is 0.218. The van der Waals surface area contributed by atoms with Crippen molar-refractivity contribution in [2.75, 3.05) is 32.8 Å². The number of carbonyl (C=O) groups excluding carboxylic acids is 2. The maximum absolute atomic E-state index is 11.8. The lowest BCUT2D eigenvalue weighted by atomic mass is 10.2. The van der Waals surface area contributed by atoms with Gasteiger partial charge in [0.05, 0.1) is 13.2 Å². The van der Waals surface area contributed by atoms with Gasteiger partial charge in [0.1, 0.15) is 13.1 Å². The number of rotatable bonds is 3. The molecule has 2 rings (SSSR count). The highest BCUT2D eigenvalue weighted by Gasteiger charge is 2.17. The van der Waals surface area contributed by atoms with E-state index in [0.717, 1.165) is 18.0 Å². The number of hydrazine groups is 1. The quantitative estimate of drug-likeness (QED) is 0.628. The Morgan fingerprint density at radius 2 is 1.80 bits per heavy atom. The normalized spacial score (nSPS) is 15.7. The maximum atomic E-state index is 11.8. The molecule has 1 heterocycles. The van der Waals surface area contributed by atoms with Gasteiger partial charge in [0.2, 0.25) is 0 Å². The topological polar surface area (TPSA) is 71.9 Å². The van der Waals surface area contributed by atoms with E-state index in [1.165, 1.54) is 0 Å². The lowest BCUT2D eigenvalue weighted by Gasteiger charge is -2.23. The van der Waals surface area contributed by atoms with Crippen molar-refractivity contribution in [3.05, 3.63) is 34.9 Å². The van der Waals surface area contributed by atoms with Crippen molar-refractivity contribution in [1.82, 2.24) is 10.9 Å². The van der Waals surface area contributed by atoms with E-state index in [0.29, 0.717) is 30.3 Å². The van der Waals surface area contributed by atoms with Crippen LogP contribution >= 0.6 is 11.6 Å². The van der Waals surface area contributed by atoms with Gasteiger partial charge >= 0.3 is 0 Å². The van der Waals surface area contributed by atoms with E-state index in [4.69, 9.17) is 16.3 Å². The molecule has 3 N–H and O–H groups in total. The third-order valence-electron chi connectivity index (χ3n) is 3.03. The van der Waals surface area contributed by atoms with Gasteiger partial charge in [-0.05, 0) is 24.3 Å². The molecule has 7 heteroatoms. The molecule has 2 amide bonds. The highest BCUT2D eigenvalue weighted by atomic mass is 35.5. The zero-order chi connectivity index (χ0) is 14.4. The Morgan fingerprint density at radius 3 is 2.45 bits per heavy atom. The van der Waals surface area contributed by atoms with Gasteiger partial charge in [-0.3, -0.25) is 20.4 Å². The predicted octanol–water partition coefficient (Wildman–Crippen LogP) is -0.984. The second-order valence-electron chi connectivity index (χ2n) is 4.55. The Kier molecular flexibility index (Phi) is 5.34. The summed E-state index contributed by atoms with van der Waals surface area (Å²) in [6.07, 6.45) is 0. The van der Waals surface area contributed by atoms with E-state index in [-0.39, 0.29) is 11.8 Å². The molecule has 20 heavy (non-hydrogen) atoms. The van der Waals surface area contributed by atoms with Crippen molar-refractivity contribution in [2.45, 2.75) is 0 Å². The van der Waals surface area contributed by atoms with Crippen LogP contribution in [0.2, 0.25) is 5.02 Å². The summed E-state index contributed by atoms with van der Waals surface area (Å²) < 4.78 is 5.21. The van der Waals surface area contributed by atoms with Crippen LogP contribution in [0, 0.1) is 0 Å². The van der Waals surface area contributed by atoms with Crippen LogP contribution in [0.4, 0.5) is 0 Å². The van der Waals surface area contributed by atoms with Crippen LogP contribution in [0.5, 0.6) is 0 Å². The number of carbonyl (C=O) groups is 2. The van der Waals surface area contributed by atoms with E-state index in [1.807, 2.05) is 0 Å². The monoisotopic (exact) mass is 298 g/mol. The standard InChI is InChI=1S/C13H16ClN3O3/c14-11-3-1-10(2-4-11)13(19)16-15-12(18)9-17-5-7-20-8-6-17/h1-4H,5-9H2,(H,15,18)(H,16,19)/p+1. The minimum Gasteiger partial charge on any atom is -0.370 e. The number of hydrogen-bond donors (Lipinski definition) is 3. The minimum atomic E-state index is -0.369. The van der Waals surface area contributed by atoms with Crippen LogP contribution < -0.4 is 15.8 Å². The molecule has 0 saturated carbocycles. The summed E-state index contributed by atoms with van der Waals surface area (Å²) in [5.74, 6) is -0.587. The molecule has 0 spiro atoms. The first-order chi connectivity index (χ1) is 9.65. The molecule has 0 radical (unpaired) electrons. The van der Waals surface area contributed by atoms with Crippen LogP contribution in [0.1, 0.15) is 10.4 Å². The summed E-state index contributed by atoms with van der Waals surface area (Å²) in [6, 6.07) is 6.43. The fraction of sp³-hybridized carbons (Fsp3) is 0.385. The molecule has 1 aliphatic heterocycles. The Morgan fingerprint density at radius 1 is 1.15 bits per heavy atom. The summed E-state index contributed by atoms with van der Waals surface area (Å²) in [5.41, 5.74) is 5.23. The number of benzene rings is 1. The van der Waals surface area contributed by atoms with E-state index in [1.54, 1.807) is 24.3 Å². The molecular formula is C13H17ClN3O3+. The van der Waals surface area contributed by atoms with Crippen molar-refractivity contribution in [3.63, 3.8) is 0 Å². The third kappa shape index (κ3) is 4.48. The molecule has 1 aliphatic rings.